The van der Waals surface area contributed by atoms with Gasteiger partial charge in [0.25, 0.3) is 0 Å². The molecule has 0 spiro atoms. The number of nitrogens with one attached hydrogen (secondary N) is 1. The van der Waals surface area contributed by atoms with E-state index in [0.717, 1.165) is 37.5 Å². The molecule has 0 amide bonds. The average Bonchev–Trinajstić information content (AvgIpc) is 2.74. The van der Waals surface area contributed by atoms with E-state index in [2.05, 4.69) is 29.3 Å². The highest BCUT2D eigenvalue weighted by atomic mass is 16.5. The molecule has 1 aliphatic heterocycles. The maximum atomic E-state index is 5.27. The lowest BCUT2D eigenvalue weighted by Gasteiger charge is -2.08. The molecule has 2 heterocycles. The molecule has 1 aliphatic rings. The first-order valence-corrected chi connectivity index (χ1v) is 5.37. The minimum atomic E-state index is 0.410. The minimum absolute atomic E-state index is 0.410. The molecule has 1 aromatic heterocycles. The number of aryl methyl sites for hydroxylation is 1. The fraction of sp³-hybridized carbons (Fsp3) is 0.800. The highest BCUT2D eigenvalue weighted by Gasteiger charge is 2.29. The second kappa shape index (κ2) is 4.09. The molecule has 0 aliphatic carbocycles. The van der Waals surface area contributed by atoms with Gasteiger partial charge in [-0.2, -0.15) is 4.98 Å². The SMILES string of the molecule is CCCc1noc(C2CCNC2C)n1. The summed E-state index contributed by atoms with van der Waals surface area (Å²) in [6.07, 6.45) is 3.09. The van der Waals surface area contributed by atoms with Crippen molar-refractivity contribution >= 4 is 0 Å². The fourth-order valence-corrected chi connectivity index (χ4v) is 1.94. The van der Waals surface area contributed by atoms with Gasteiger partial charge in [0, 0.05) is 12.5 Å². The van der Waals surface area contributed by atoms with E-state index in [0.29, 0.717) is 12.0 Å². The molecular formula is C10H17N3O. The zero-order valence-corrected chi connectivity index (χ0v) is 8.79. The Morgan fingerprint density at radius 1 is 1.57 bits per heavy atom. The second-order valence-electron chi connectivity index (χ2n) is 3.94. The number of aromatic nitrogens is 2. The lowest BCUT2D eigenvalue weighted by Crippen LogP contribution is -2.21. The summed E-state index contributed by atoms with van der Waals surface area (Å²) < 4.78 is 5.27. The summed E-state index contributed by atoms with van der Waals surface area (Å²) in [6.45, 7) is 5.34. The number of hydrogen-bond acceptors (Lipinski definition) is 4. The highest BCUT2D eigenvalue weighted by Crippen LogP contribution is 2.25. The molecule has 14 heavy (non-hydrogen) atoms. The summed E-state index contributed by atoms with van der Waals surface area (Å²) in [6, 6.07) is 0.463. The Labute approximate surface area is 84.1 Å². The Morgan fingerprint density at radius 2 is 2.43 bits per heavy atom. The van der Waals surface area contributed by atoms with Crippen molar-refractivity contribution in [3.8, 4) is 0 Å². The number of nitrogens with zero attached hydrogens (tertiary/aromatic N) is 2. The smallest absolute Gasteiger partial charge is 0.231 e. The maximum Gasteiger partial charge on any atom is 0.231 e. The van der Waals surface area contributed by atoms with Crippen molar-refractivity contribution in [3.05, 3.63) is 11.7 Å². The van der Waals surface area contributed by atoms with Crippen LogP contribution in [0, 0.1) is 0 Å². The van der Waals surface area contributed by atoms with Crippen LogP contribution in [0.15, 0.2) is 4.52 Å². The largest absolute Gasteiger partial charge is 0.339 e. The van der Waals surface area contributed by atoms with Crippen LogP contribution >= 0.6 is 0 Å². The molecule has 1 N–H and O–H groups in total. The van der Waals surface area contributed by atoms with Gasteiger partial charge in [-0.3, -0.25) is 0 Å². The lowest BCUT2D eigenvalue weighted by atomic mass is 10.0. The van der Waals surface area contributed by atoms with Crippen molar-refractivity contribution < 1.29 is 4.52 Å². The van der Waals surface area contributed by atoms with E-state index in [-0.39, 0.29) is 0 Å². The van der Waals surface area contributed by atoms with E-state index in [4.69, 9.17) is 4.52 Å². The van der Waals surface area contributed by atoms with Crippen molar-refractivity contribution in [2.75, 3.05) is 6.54 Å². The van der Waals surface area contributed by atoms with Gasteiger partial charge >= 0.3 is 0 Å². The summed E-state index contributed by atoms with van der Waals surface area (Å²) in [7, 11) is 0. The molecule has 0 radical (unpaired) electrons. The molecule has 2 unspecified atom stereocenters. The van der Waals surface area contributed by atoms with Crippen molar-refractivity contribution in [3.63, 3.8) is 0 Å². The Kier molecular flexibility index (Phi) is 2.82. The first-order valence-electron chi connectivity index (χ1n) is 5.37. The van der Waals surface area contributed by atoms with E-state index in [9.17, 15) is 0 Å². The van der Waals surface area contributed by atoms with Crippen LogP contribution in [-0.4, -0.2) is 22.7 Å². The molecule has 0 aromatic carbocycles. The zero-order chi connectivity index (χ0) is 9.97. The molecule has 2 rings (SSSR count). The third kappa shape index (κ3) is 1.80. The molecule has 0 saturated carbocycles. The van der Waals surface area contributed by atoms with E-state index < -0.39 is 0 Å². The molecule has 1 aromatic rings. The van der Waals surface area contributed by atoms with Crippen LogP contribution in [-0.2, 0) is 6.42 Å². The molecule has 78 valence electrons. The minimum Gasteiger partial charge on any atom is -0.339 e. The van der Waals surface area contributed by atoms with Crippen LogP contribution in [0.2, 0.25) is 0 Å². The molecule has 1 fully saturated rings. The standard InChI is InChI=1S/C10H17N3O/c1-3-4-9-12-10(14-13-9)8-5-6-11-7(8)2/h7-8,11H,3-6H2,1-2H3. The third-order valence-electron chi connectivity index (χ3n) is 2.80. The van der Waals surface area contributed by atoms with Gasteiger partial charge in [-0.15, -0.1) is 0 Å². The van der Waals surface area contributed by atoms with Gasteiger partial charge in [-0.25, -0.2) is 0 Å². The fourth-order valence-electron chi connectivity index (χ4n) is 1.94. The van der Waals surface area contributed by atoms with Gasteiger partial charge < -0.3 is 9.84 Å². The Hall–Kier alpha value is -0.900. The average molecular weight is 195 g/mol. The Bertz CT molecular complexity index is 297. The van der Waals surface area contributed by atoms with Gasteiger partial charge in [0.1, 0.15) is 0 Å². The summed E-state index contributed by atoms with van der Waals surface area (Å²) in [5.41, 5.74) is 0. The van der Waals surface area contributed by atoms with Crippen LogP contribution in [0.3, 0.4) is 0 Å². The molecule has 4 heteroatoms. The molecule has 2 atom stereocenters. The number of rotatable bonds is 3. The summed E-state index contributed by atoms with van der Waals surface area (Å²) >= 11 is 0. The third-order valence-corrected chi connectivity index (χ3v) is 2.80. The van der Waals surface area contributed by atoms with Crippen molar-refractivity contribution in [2.45, 2.75) is 45.1 Å². The van der Waals surface area contributed by atoms with E-state index >= 15 is 0 Å². The van der Waals surface area contributed by atoms with Crippen molar-refractivity contribution in [1.82, 2.24) is 15.5 Å². The van der Waals surface area contributed by atoms with Crippen LogP contribution in [0.5, 0.6) is 0 Å². The Morgan fingerprint density at radius 3 is 3.07 bits per heavy atom. The van der Waals surface area contributed by atoms with E-state index in [1.807, 2.05) is 0 Å². The van der Waals surface area contributed by atoms with Gasteiger partial charge in [0.2, 0.25) is 5.89 Å². The number of hydrogen-bond donors (Lipinski definition) is 1. The molecule has 4 nitrogen and oxygen atoms in total. The van der Waals surface area contributed by atoms with Crippen LogP contribution in [0.4, 0.5) is 0 Å². The second-order valence-corrected chi connectivity index (χ2v) is 3.94. The summed E-state index contributed by atoms with van der Waals surface area (Å²) in [5, 5.41) is 7.35. The Balaban J connectivity index is 2.08. The normalized spacial score (nSPS) is 27.0. The zero-order valence-electron chi connectivity index (χ0n) is 8.79. The monoisotopic (exact) mass is 195 g/mol. The van der Waals surface area contributed by atoms with Gasteiger partial charge in [-0.1, -0.05) is 12.1 Å². The van der Waals surface area contributed by atoms with Crippen molar-refractivity contribution in [1.29, 1.82) is 0 Å². The van der Waals surface area contributed by atoms with E-state index in [1.54, 1.807) is 0 Å². The molecule has 1 saturated heterocycles. The quantitative estimate of drug-likeness (QED) is 0.793. The molecule has 0 bridgehead atoms. The first kappa shape index (κ1) is 9.65. The summed E-state index contributed by atoms with van der Waals surface area (Å²) in [5.74, 6) is 2.07. The van der Waals surface area contributed by atoms with Crippen LogP contribution in [0.25, 0.3) is 0 Å². The van der Waals surface area contributed by atoms with Crippen molar-refractivity contribution in [2.24, 2.45) is 0 Å². The predicted molar refractivity (Wildman–Crippen MR) is 53.1 cm³/mol. The first-order chi connectivity index (χ1) is 6.81. The van der Waals surface area contributed by atoms with E-state index in [1.165, 1.54) is 0 Å². The predicted octanol–water partition coefficient (Wildman–Crippen LogP) is 1.49. The van der Waals surface area contributed by atoms with Gasteiger partial charge in [0.05, 0.1) is 5.92 Å². The van der Waals surface area contributed by atoms with Crippen LogP contribution in [0.1, 0.15) is 44.3 Å². The van der Waals surface area contributed by atoms with Crippen LogP contribution < -0.4 is 5.32 Å². The topological polar surface area (TPSA) is 51.0 Å². The summed E-state index contributed by atoms with van der Waals surface area (Å²) in [4.78, 5) is 4.41. The maximum absolute atomic E-state index is 5.27. The lowest BCUT2D eigenvalue weighted by molar-refractivity contribution is 0.341. The van der Waals surface area contributed by atoms with Gasteiger partial charge in [0.15, 0.2) is 5.82 Å². The highest BCUT2D eigenvalue weighted by molar-refractivity contribution is 5.01. The van der Waals surface area contributed by atoms with Gasteiger partial charge in [-0.05, 0) is 26.3 Å². The molecular weight excluding hydrogens is 178 g/mol.